The highest BCUT2D eigenvalue weighted by Crippen LogP contribution is 2.05. The van der Waals surface area contributed by atoms with E-state index in [4.69, 9.17) is 34.4 Å². The number of nitrogens with two attached hydrogens (primary N) is 6. The van der Waals surface area contributed by atoms with Gasteiger partial charge in [0.2, 0.25) is 23.6 Å². The van der Waals surface area contributed by atoms with Gasteiger partial charge in [0, 0.05) is 19.5 Å². The Bertz CT molecular complexity index is 903. The van der Waals surface area contributed by atoms with Crippen LogP contribution in [0.1, 0.15) is 45.4 Å². The van der Waals surface area contributed by atoms with Gasteiger partial charge >= 0.3 is 5.97 Å². The molecule has 0 aliphatic heterocycles. The summed E-state index contributed by atoms with van der Waals surface area (Å²) >= 11 is 0. The van der Waals surface area contributed by atoms with Crippen LogP contribution in [-0.2, 0) is 24.0 Å². The van der Waals surface area contributed by atoms with E-state index in [9.17, 15) is 34.2 Å². The van der Waals surface area contributed by atoms with E-state index < -0.39 is 59.9 Å². The Morgan fingerprint density at radius 3 is 1.72 bits per heavy atom. The number of nitrogens with one attached hydrogen (secondary N) is 3. The van der Waals surface area contributed by atoms with Crippen LogP contribution in [0.15, 0.2) is 9.98 Å². The van der Waals surface area contributed by atoms with Crippen molar-refractivity contribution in [2.45, 2.75) is 75.7 Å². The van der Waals surface area contributed by atoms with E-state index in [-0.39, 0.29) is 57.1 Å². The fourth-order valence-corrected chi connectivity index (χ4v) is 3.17. The first-order chi connectivity index (χ1) is 18.1. The molecule has 0 bridgehead atoms. The summed E-state index contributed by atoms with van der Waals surface area (Å²) in [6, 6.07) is -5.33. The quantitative estimate of drug-likeness (QED) is 0.0401. The number of carboxylic acid groups (broad SMARTS) is 1. The fourth-order valence-electron chi connectivity index (χ4n) is 3.17. The Morgan fingerprint density at radius 1 is 0.744 bits per heavy atom. The minimum Gasteiger partial charge on any atom is -0.480 e. The van der Waals surface area contributed by atoms with Gasteiger partial charge in [0.05, 0.1) is 12.1 Å². The van der Waals surface area contributed by atoms with Crippen LogP contribution in [0.4, 0.5) is 0 Å². The number of aliphatic hydroxyl groups excluding tert-OH is 1. The molecule has 0 radical (unpaired) electrons. The molecule has 18 heteroatoms. The van der Waals surface area contributed by atoms with Gasteiger partial charge in [0.25, 0.3) is 0 Å². The van der Waals surface area contributed by atoms with Crippen LogP contribution in [0, 0.1) is 0 Å². The summed E-state index contributed by atoms with van der Waals surface area (Å²) in [4.78, 5) is 68.4. The minimum atomic E-state index is -1.60. The monoisotopic (exact) mass is 559 g/mol. The number of carboxylic acids is 1. The van der Waals surface area contributed by atoms with Crippen LogP contribution in [0.5, 0.6) is 0 Å². The van der Waals surface area contributed by atoms with E-state index in [2.05, 4.69) is 25.9 Å². The number of hydrogen-bond acceptors (Lipinski definition) is 9. The van der Waals surface area contributed by atoms with E-state index >= 15 is 0 Å². The maximum atomic E-state index is 13.1. The second kappa shape index (κ2) is 18.1. The van der Waals surface area contributed by atoms with Gasteiger partial charge in [0.15, 0.2) is 11.9 Å². The third-order valence-corrected chi connectivity index (χ3v) is 5.24. The van der Waals surface area contributed by atoms with Crippen LogP contribution in [0.25, 0.3) is 0 Å². The highest BCUT2D eigenvalue weighted by molar-refractivity contribution is 5.94. The molecule has 5 unspecified atom stereocenters. The van der Waals surface area contributed by atoms with Crippen molar-refractivity contribution in [2.75, 3.05) is 13.1 Å². The van der Waals surface area contributed by atoms with Gasteiger partial charge in [0.1, 0.15) is 18.1 Å². The number of carbonyl (C=O) groups is 5. The number of amides is 4. The molecule has 0 aromatic heterocycles. The SMILES string of the molecule is CC(O)C(NC(=O)C(CCCN=C(N)N)NC(=O)C(N)CCCN=C(N)N)C(=O)NC(CCC(N)=O)C(=O)O. The zero-order valence-corrected chi connectivity index (χ0v) is 21.8. The van der Waals surface area contributed by atoms with Crippen LogP contribution in [-0.4, -0.2) is 95.1 Å². The van der Waals surface area contributed by atoms with Crippen LogP contribution in [0.2, 0.25) is 0 Å². The van der Waals surface area contributed by atoms with E-state index in [1.54, 1.807) is 0 Å². The summed E-state index contributed by atoms with van der Waals surface area (Å²) in [6.45, 7) is 1.57. The molecule has 0 fully saturated rings. The number of carbonyl (C=O) groups excluding carboxylic acids is 4. The van der Waals surface area contributed by atoms with Crippen molar-refractivity contribution >= 4 is 41.5 Å². The van der Waals surface area contributed by atoms with Crippen LogP contribution < -0.4 is 50.4 Å². The third-order valence-electron chi connectivity index (χ3n) is 5.24. The number of primary amides is 1. The number of aliphatic hydroxyl groups is 1. The molecule has 0 saturated carbocycles. The Hall–Kier alpha value is -4.19. The van der Waals surface area contributed by atoms with Gasteiger partial charge in [-0.25, -0.2) is 4.79 Å². The first kappa shape index (κ1) is 34.8. The molecule has 0 aliphatic rings. The minimum absolute atomic E-state index is 0.0274. The lowest BCUT2D eigenvalue weighted by Crippen LogP contribution is -2.59. The van der Waals surface area contributed by atoms with Crippen molar-refractivity contribution in [2.24, 2.45) is 44.4 Å². The first-order valence-corrected chi connectivity index (χ1v) is 12.1. The number of aliphatic carboxylic acids is 1. The summed E-state index contributed by atoms with van der Waals surface area (Å²) in [5.41, 5.74) is 32.0. The second-order valence-corrected chi connectivity index (χ2v) is 8.70. The topological polar surface area (TPSA) is 343 Å². The molecule has 0 aromatic rings. The van der Waals surface area contributed by atoms with E-state index in [0.717, 1.165) is 0 Å². The largest absolute Gasteiger partial charge is 0.480 e. The predicted molar refractivity (Wildman–Crippen MR) is 141 cm³/mol. The number of aliphatic imine (C=N–C) groups is 2. The van der Waals surface area contributed by atoms with Crippen molar-refractivity contribution in [1.82, 2.24) is 16.0 Å². The Labute approximate surface area is 225 Å². The van der Waals surface area contributed by atoms with Gasteiger partial charge < -0.3 is 60.6 Å². The maximum Gasteiger partial charge on any atom is 0.326 e. The molecular formula is C21H41N11O7. The molecule has 222 valence electrons. The average molecular weight is 560 g/mol. The lowest BCUT2D eigenvalue weighted by molar-refractivity contribution is -0.143. The lowest BCUT2D eigenvalue weighted by Gasteiger charge is -2.26. The van der Waals surface area contributed by atoms with Crippen molar-refractivity contribution < 1.29 is 34.2 Å². The summed E-state index contributed by atoms with van der Waals surface area (Å²) in [6.07, 6.45) is -1.23. The average Bonchev–Trinajstić information content (AvgIpc) is 2.83. The Kier molecular flexibility index (Phi) is 16.2. The van der Waals surface area contributed by atoms with Crippen LogP contribution >= 0.6 is 0 Å². The molecule has 39 heavy (non-hydrogen) atoms. The smallest absolute Gasteiger partial charge is 0.326 e. The van der Waals surface area contributed by atoms with Crippen molar-refractivity contribution in [3.63, 3.8) is 0 Å². The first-order valence-electron chi connectivity index (χ1n) is 12.1. The Balaban J connectivity index is 5.51. The summed E-state index contributed by atoms with van der Waals surface area (Å²) < 4.78 is 0. The molecule has 0 rings (SSSR count). The number of rotatable bonds is 19. The van der Waals surface area contributed by atoms with Gasteiger partial charge in [-0.3, -0.25) is 29.2 Å². The normalized spacial score (nSPS) is 14.4. The summed E-state index contributed by atoms with van der Waals surface area (Å²) in [7, 11) is 0. The summed E-state index contributed by atoms with van der Waals surface area (Å²) in [5, 5.41) is 26.4. The molecule has 17 N–H and O–H groups in total. The zero-order valence-electron chi connectivity index (χ0n) is 21.8. The number of guanidine groups is 2. The van der Waals surface area contributed by atoms with E-state index in [1.807, 2.05) is 0 Å². The molecule has 0 heterocycles. The van der Waals surface area contributed by atoms with Gasteiger partial charge in [-0.15, -0.1) is 0 Å². The highest BCUT2D eigenvalue weighted by atomic mass is 16.4. The molecule has 0 aromatic carbocycles. The van der Waals surface area contributed by atoms with Crippen molar-refractivity contribution in [3.05, 3.63) is 0 Å². The van der Waals surface area contributed by atoms with Crippen molar-refractivity contribution in [3.8, 4) is 0 Å². The molecule has 0 spiro atoms. The van der Waals surface area contributed by atoms with E-state index in [0.29, 0.717) is 6.42 Å². The second-order valence-electron chi connectivity index (χ2n) is 8.70. The van der Waals surface area contributed by atoms with Crippen LogP contribution in [0.3, 0.4) is 0 Å². The standard InChI is InChI=1S/C21H41N11O7/c1-10(33)15(18(37)31-13(19(38)39)6-7-14(23)34)32-17(36)12(5-3-9-29-21(26)27)30-16(35)11(22)4-2-8-28-20(24)25/h10-13,15,33H,2-9,22H2,1H3,(H2,23,34)(H,30,35)(H,31,37)(H,32,36)(H,38,39)(H4,24,25,28)(H4,26,27,29). The molecule has 0 aliphatic carbocycles. The molecule has 5 atom stereocenters. The van der Waals surface area contributed by atoms with Crippen molar-refractivity contribution in [1.29, 1.82) is 0 Å². The van der Waals surface area contributed by atoms with E-state index in [1.165, 1.54) is 6.92 Å². The number of nitrogens with zero attached hydrogens (tertiary/aromatic N) is 2. The zero-order chi connectivity index (χ0) is 30.1. The molecular weight excluding hydrogens is 518 g/mol. The van der Waals surface area contributed by atoms with Gasteiger partial charge in [-0.1, -0.05) is 0 Å². The van der Waals surface area contributed by atoms with Gasteiger partial charge in [-0.2, -0.15) is 0 Å². The Morgan fingerprint density at radius 2 is 1.26 bits per heavy atom. The molecule has 0 saturated heterocycles. The predicted octanol–water partition coefficient (Wildman–Crippen LogP) is -5.39. The maximum absolute atomic E-state index is 13.1. The van der Waals surface area contributed by atoms with Gasteiger partial charge in [-0.05, 0) is 39.0 Å². The summed E-state index contributed by atoms with van der Waals surface area (Å²) in [5.74, 6) is -5.05. The third kappa shape index (κ3) is 15.6. The lowest BCUT2D eigenvalue weighted by atomic mass is 10.1. The highest BCUT2D eigenvalue weighted by Gasteiger charge is 2.32. The number of hydrogen-bond donors (Lipinski definition) is 11. The molecule has 18 nitrogen and oxygen atoms in total. The fraction of sp³-hybridized carbons (Fsp3) is 0.667. The molecule has 4 amide bonds.